The van der Waals surface area contributed by atoms with Crippen LogP contribution < -0.4 is 29.6 Å². The van der Waals surface area contributed by atoms with Crippen LogP contribution >= 0.6 is 0 Å². The van der Waals surface area contributed by atoms with Gasteiger partial charge in [-0.1, -0.05) is 85.1 Å². The molecule has 2 rings (SSSR count). The van der Waals surface area contributed by atoms with Crippen LogP contribution in [0.25, 0.3) is 0 Å². The Balaban J connectivity index is -0.000000248. The average Bonchev–Trinajstić information content (AvgIpc) is 2.44. The molecule has 0 amide bonds. The van der Waals surface area contributed by atoms with Crippen LogP contribution in [-0.2, 0) is 10.1 Å². The van der Waals surface area contributed by atoms with Gasteiger partial charge in [-0.25, -0.2) is 8.42 Å². The molecular weight excluding hydrogens is 319 g/mol. The molecule has 124 valence electrons. The normalized spacial score (nSPS) is 8.65. The molecule has 0 aliphatic carbocycles. The summed E-state index contributed by atoms with van der Waals surface area (Å²) in [6.45, 7) is 10.3. The minimum Gasteiger partial charge on any atom is -0.748 e. The van der Waals surface area contributed by atoms with Crippen molar-refractivity contribution >= 4 is 10.1 Å². The van der Waals surface area contributed by atoms with E-state index in [0.717, 1.165) is 0 Å². The zero-order valence-corrected chi connectivity index (χ0v) is 18.1. The van der Waals surface area contributed by atoms with Crippen LogP contribution in [0.4, 0.5) is 0 Å². The van der Waals surface area contributed by atoms with E-state index in [2.05, 4.69) is 57.2 Å². The molecule has 0 heterocycles. The zero-order valence-electron chi connectivity index (χ0n) is 15.3. The minimum atomic E-state index is -3.92. The molecule has 0 atom stereocenters. The number of hydrogen-bond acceptors (Lipinski definition) is 3. The van der Waals surface area contributed by atoms with E-state index in [0.29, 0.717) is 6.26 Å². The molecule has 0 fully saturated rings. The van der Waals surface area contributed by atoms with Gasteiger partial charge in [-0.05, 0) is 20.8 Å². The van der Waals surface area contributed by atoms with E-state index < -0.39 is 10.1 Å². The van der Waals surface area contributed by atoms with E-state index in [1.165, 1.54) is 16.7 Å². The first-order valence-corrected chi connectivity index (χ1v) is 8.96. The Hall–Kier alpha value is -0.650. The van der Waals surface area contributed by atoms with Crippen LogP contribution in [0, 0.1) is 20.8 Å². The number of aryl methyl sites for hydroxylation is 3. The Bertz CT molecular complexity index is 550. The van der Waals surface area contributed by atoms with Crippen LogP contribution in [0.3, 0.4) is 0 Å². The molecule has 3 nitrogen and oxygen atoms in total. The van der Waals surface area contributed by atoms with Crippen molar-refractivity contribution in [3.63, 3.8) is 0 Å². The maximum absolute atomic E-state index is 9.08. The quantitative estimate of drug-likeness (QED) is 0.536. The summed E-state index contributed by atoms with van der Waals surface area (Å²) in [6.07, 6.45) is 0.604. The number of benzene rings is 2. The van der Waals surface area contributed by atoms with E-state index in [4.69, 9.17) is 13.0 Å². The molecular formula is C18H27NaO3S. The van der Waals surface area contributed by atoms with E-state index in [9.17, 15) is 0 Å². The molecule has 0 aliphatic rings. The summed E-state index contributed by atoms with van der Waals surface area (Å²) in [6, 6.07) is 18.7. The summed E-state index contributed by atoms with van der Waals surface area (Å²) in [5, 5.41) is 0. The van der Waals surface area contributed by atoms with Gasteiger partial charge in [-0.3, -0.25) is 0 Å². The molecule has 0 aromatic heterocycles. The molecule has 0 N–H and O–H groups in total. The van der Waals surface area contributed by atoms with Gasteiger partial charge in [0.2, 0.25) is 0 Å². The van der Waals surface area contributed by atoms with Crippen LogP contribution in [0.2, 0.25) is 0 Å². The Morgan fingerprint density at radius 2 is 0.913 bits per heavy atom. The number of rotatable bonds is 0. The van der Waals surface area contributed by atoms with Crippen LogP contribution in [0.1, 0.15) is 30.5 Å². The van der Waals surface area contributed by atoms with Crippen LogP contribution in [0.5, 0.6) is 0 Å². The monoisotopic (exact) mass is 346 g/mol. The summed E-state index contributed by atoms with van der Waals surface area (Å²) in [7, 11) is -3.92. The Morgan fingerprint density at radius 1 is 0.696 bits per heavy atom. The predicted octanol–water partition coefficient (Wildman–Crippen LogP) is 1.49. The van der Waals surface area contributed by atoms with Gasteiger partial charge < -0.3 is 4.55 Å². The topological polar surface area (TPSA) is 57.2 Å². The van der Waals surface area contributed by atoms with E-state index >= 15 is 0 Å². The summed E-state index contributed by atoms with van der Waals surface area (Å²) in [4.78, 5) is 0. The first-order chi connectivity index (χ1) is 10.2. The molecule has 0 saturated heterocycles. The van der Waals surface area contributed by atoms with Crippen molar-refractivity contribution in [2.45, 2.75) is 34.6 Å². The first kappa shape index (κ1) is 27.2. The maximum Gasteiger partial charge on any atom is 1.00 e. The Labute approximate surface area is 164 Å². The largest absolute Gasteiger partial charge is 1.00 e. The molecule has 2 aromatic carbocycles. The third kappa shape index (κ3) is 26.6. The molecule has 0 saturated carbocycles. The fourth-order valence-corrected chi connectivity index (χ4v) is 1.17. The predicted molar refractivity (Wildman–Crippen MR) is 94.1 cm³/mol. The third-order valence-corrected chi connectivity index (χ3v) is 2.16. The summed E-state index contributed by atoms with van der Waals surface area (Å²) in [5.74, 6) is 0. The molecule has 2 aromatic rings. The van der Waals surface area contributed by atoms with Crippen molar-refractivity contribution in [2.75, 3.05) is 6.26 Å². The van der Waals surface area contributed by atoms with Gasteiger partial charge >= 0.3 is 29.6 Å². The fraction of sp³-hybridized carbons (Fsp3) is 0.333. The first-order valence-electron chi connectivity index (χ1n) is 7.14. The van der Waals surface area contributed by atoms with Crippen molar-refractivity contribution in [1.82, 2.24) is 0 Å². The van der Waals surface area contributed by atoms with Gasteiger partial charge in [0.1, 0.15) is 0 Å². The smallest absolute Gasteiger partial charge is 0.748 e. The van der Waals surface area contributed by atoms with E-state index in [1.54, 1.807) is 0 Å². The SMILES string of the molecule is CC.CS(=O)(=O)[O-].Cc1ccc(C)cc1.Cc1ccccc1.[Na+]. The molecule has 0 radical (unpaired) electrons. The van der Waals surface area contributed by atoms with Gasteiger partial charge in [0.15, 0.2) is 0 Å². The van der Waals surface area contributed by atoms with Crippen molar-refractivity contribution in [1.29, 1.82) is 0 Å². The van der Waals surface area contributed by atoms with Gasteiger partial charge in [0, 0.05) is 6.26 Å². The van der Waals surface area contributed by atoms with Crippen molar-refractivity contribution in [2.24, 2.45) is 0 Å². The van der Waals surface area contributed by atoms with Gasteiger partial charge in [-0.2, -0.15) is 0 Å². The van der Waals surface area contributed by atoms with E-state index in [-0.39, 0.29) is 29.6 Å². The molecule has 0 unspecified atom stereocenters. The molecule has 5 heteroatoms. The fourth-order valence-electron chi connectivity index (χ4n) is 1.17. The standard InChI is InChI=1S/C8H10.C7H8.C2H6.CH4O3S.Na/c1-7-3-5-8(2)6-4-7;1-7-5-3-2-4-6-7;1-2;1-5(2,3)4;/h3-6H,1-2H3;2-6H,1H3;1-2H3;1H3,(H,2,3,4);/q;;;;+1/p-1. The molecule has 0 bridgehead atoms. The number of hydrogen-bond donors (Lipinski definition) is 0. The van der Waals surface area contributed by atoms with Crippen molar-refractivity contribution in [3.8, 4) is 0 Å². The second-order valence-corrected chi connectivity index (χ2v) is 5.92. The van der Waals surface area contributed by atoms with Crippen molar-refractivity contribution in [3.05, 3.63) is 71.3 Å². The van der Waals surface area contributed by atoms with Gasteiger partial charge in [-0.15, -0.1) is 0 Å². The van der Waals surface area contributed by atoms with Crippen LogP contribution in [-0.4, -0.2) is 19.2 Å². The van der Waals surface area contributed by atoms with Gasteiger partial charge in [0.25, 0.3) is 0 Å². The summed E-state index contributed by atoms with van der Waals surface area (Å²) < 4.78 is 27.2. The van der Waals surface area contributed by atoms with Crippen LogP contribution in [0.15, 0.2) is 54.6 Å². The second kappa shape index (κ2) is 16.2. The average molecular weight is 346 g/mol. The van der Waals surface area contributed by atoms with E-state index in [1.807, 2.05) is 32.0 Å². The minimum absolute atomic E-state index is 0. The van der Waals surface area contributed by atoms with Crippen molar-refractivity contribution < 1.29 is 42.5 Å². The molecule has 0 aliphatic heterocycles. The summed E-state index contributed by atoms with van der Waals surface area (Å²) >= 11 is 0. The second-order valence-electron chi connectivity index (χ2n) is 4.51. The third-order valence-electron chi connectivity index (χ3n) is 2.16. The Morgan fingerprint density at radius 3 is 1.09 bits per heavy atom. The Kier molecular flexibility index (Phi) is 19.2. The van der Waals surface area contributed by atoms with Gasteiger partial charge in [0.05, 0.1) is 10.1 Å². The summed E-state index contributed by atoms with van der Waals surface area (Å²) in [5.41, 5.74) is 3.98. The molecule has 0 spiro atoms. The zero-order chi connectivity index (χ0) is 17.6. The maximum atomic E-state index is 9.08. The molecule has 23 heavy (non-hydrogen) atoms.